The van der Waals surface area contributed by atoms with Crippen molar-refractivity contribution in [1.29, 1.82) is 5.26 Å². The van der Waals surface area contributed by atoms with Gasteiger partial charge in [-0.3, -0.25) is 4.79 Å². The Kier molecular flexibility index (Phi) is 3.09. The molecule has 1 aromatic rings. The van der Waals surface area contributed by atoms with Crippen LogP contribution in [0.3, 0.4) is 0 Å². The Hall–Kier alpha value is -1.76. The van der Waals surface area contributed by atoms with Gasteiger partial charge in [-0.05, 0) is 12.1 Å². The van der Waals surface area contributed by atoms with Crippen LogP contribution in [0.15, 0.2) is 18.3 Å². The third-order valence-electron chi connectivity index (χ3n) is 1.73. The van der Waals surface area contributed by atoms with E-state index in [1.165, 1.54) is 4.90 Å². The smallest absolute Gasteiger partial charge is 0.270 e. The minimum Gasteiger partial charge on any atom is -0.357 e. The minimum absolute atomic E-state index is 0.0831. The Morgan fingerprint density at radius 2 is 2.54 bits per heavy atom. The average Bonchev–Trinajstić information content (AvgIpc) is 2.65. The summed E-state index contributed by atoms with van der Waals surface area (Å²) in [7, 11) is 1.68. The molecule has 68 valence electrons. The fourth-order valence-corrected chi connectivity index (χ4v) is 0.988. The van der Waals surface area contributed by atoms with Gasteiger partial charge in [0.25, 0.3) is 5.91 Å². The highest BCUT2D eigenvalue weighted by molar-refractivity contribution is 5.92. The van der Waals surface area contributed by atoms with Gasteiger partial charge in [0.2, 0.25) is 0 Å². The zero-order chi connectivity index (χ0) is 9.68. The van der Waals surface area contributed by atoms with Gasteiger partial charge in [0, 0.05) is 19.8 Å². The van der Waals surface area contributed by atoms with Gasteiger partial charge in [-0.25, -0.2) is 0 Å². The maximum absolute atomic E-state index is 11.5. The third kappa shape index (κ3) is 2.34. The van der Waals surface area contributed by atoms with Gasteiger partial charge < -0.3 is 9.88 Å². The Labute approximate surface area is 76.8 Å². The lowest BCUT2D eigenvalue weighted by atomic mass is 10.3. The average molecular weight is 177 g/mol. The molecule has 0 unspecified atom stereocenters. The zero-order valence-electron chi connectivity index (χ0n) is 7.45. The standard InChI is InChI=1S/C9H11N3O/c1-12(7-3-5-10)9(13)8-4-2-6-11-8/h2,4,6,11H,3,7H2,1H3. The lowest BCUT2D eigenvalue weighted by Gasteiger charge is -2.13. The summed E-state index contributed by atoms with van der Waals surface area (Å²) in [5.41, 5.74) is 0.556. The molecule has 0 aliphatic carbocycles. The van der Waals surface area contributed by atoms with E-state index in [-0.39, 0.29) is 5.91 Å². The predicted octanol–water partition coefficient (Wildman–Crippen LogP) is 1.00. The molecule has 1 aromatic heterocycles. The number of amides is 1. The van der Waals surface area contributed by atoms with E-state index >= 15 is 0 Å². The molecule has 0 saturated heterocycles. The van der Waals surface area contributed by atoms with Gasteiger partial charge in [-0.2, -0.15) is 5.26 Å². The molecule has 0 saturated carbocycles. The number of aromatic amines is 1. The van der Waals surface area contributed by atoms with E-state index in [0.717, 1.165) is 0 Å². The van der Waals surface area contributed by atoms with Crippen LogP contribution >= 0.6 is 0 Å². The summed E-state index contributed by atoms with van der Waals surface area (Å²) in [5, 5.41) is 8.33. The molecular formula is C9H11N3O. The number of H-pyrrole nitrogens is 1. The maximum Gasteiger partial charge on any atom is 0.270 e. The molecule has 1 N–H and O–H groups in total. The molecule has 4 heteroatoms. The number of hydrogen-bond donors (Lipinski definition) is 1. The molecule has 13 heavy (non-hydrogen) atoms. The van der Waals surface area contributed by atoms with Gasteiger partial charge in [0.05, 0.1) is 12.5 Å². The Morgan fingerprint density at radius 3 is 3.08 bits per heavy atom. The highest BCUT2D eigenvalue weighted by Crippen LogP contribution is 2.00. The van der Waals surface area contributed by atoms with E-state index in [9.17, 15) is 4.79 Å². The molecule has 0 radical (unpaired) electrons. The highest BCUT2D eigenvalue weighted by Gasteiger charge is 2.10. The molecule has 1 heterocycles. The van der Waals surface area contributed by atoms with Crippen LogP contribution in [0.1, 0.15) is 16.9 Å². The molecule has 0 fully saturated rings. The van der Waals surface area contributed by atoms with Crippen molar-refractivity contribution in [3.8, 4) is 6.07 Å². The van der Waals surface area contributed by atoms with Crippen LogP contribution in [-0.2, 0) is 0 Å². The summed E-state index contributed by atoms with van der Waals surface area (Å²) in [6, 6.07) is 5.48. The zero-order valence-corrected chi connectivity index (χ0v) is 7.45. The van der Waals surface area contributed by atoms with Gasteiger partial charge >= 0.3 is 0 Å². The van der Waals surface area contributed by atoms with Crippen molar-refractivity contribution in [2.24, 2.45) is 0 Å². The van der Waals surface area contributed by atoms with Crippen LogP contribution < -0.4 is 0 Å². The van der Waals surface area contributed by atoms with Crippen molar-refractivity contribution < 1.29 is 4.79 Å². The van der Waals surface area contributed by atoms with Crippen molar-refractivity contribution in [2.45, 2.75) is 6.42 Å². The third-order valence-corrected chi connectivity index (χ3v) is 1.73. The molecule has 0 aliphatic heterocycles. The quantitative estimate of drug-likeness (QED) is 0.748. The summed E-state index contributed by atoms with van der Waals surface area (Å²) in [5.74, 6) is -0.0831. The first-order valence-corrected chi connectivity index (χ1v) is 4.01. The highest BCUT2D eigenvalue weighted by atomic mass is 16.2. The molecule has 0 atom stereocenters. The first-order valence-electron chi connectivity index (χ1n) is 4.01. The molecular weight excluding hydrogens is 166 g/mol. The fourth-order valence-electron chi connectivity index (χ4n) is 0.988. The molecule has 1 rings (SSSR count). The second kappa shape index (κ2) is 4.31. The molecule has 0 aromatic carbocycles. The number of carbonyl (C=O) groups is 1. The topological polar surface area (TPSA) is 59.9 Å². The van der Waals surface area contributed by atoms with Crippen molar-refractivity contribution in [1.82, 2.24) is 9.88 Å². The van der Waals surface area contributed by atoms with Gasteiger partial charge in [0.15, 0.2) is 0 Å². The summed E-state index contributed by atoms with van der Waals surface area (Å²) in [6.45, 7) is 0.467. The molecule has 4 nitrogen and oxygen atoms in total. The second-order valence-electron chi connectivity index (χ2n) is 2.72. The second-order valence-corrected chi connectivity index (χ2v) is 2.72. The molecule has 1 amide bonds. The van der Waals surface area contributed by atoms with Crippen LogP contribution in [0.4, 0.5) is 0 Å². The lowest BCUT2D eigenvalue weighted by molar-refractivity contribution is 0.0793. The van der Waals surface area contributed by atoms with Crippen molar-refractivity contribution in [2.75, 3.05) is 13.6 Å². The van der Waals surface area contributed by atoms with Gasteiger partial charge in [0.1, 0.15) is 5.69 Å². The number of rotatable bonds is 3. The molecule has 0 spiro atoms. The first kappa shape index (κ1) is 9.33. The van der Waals surface area contributed by atoms with E-state index in [2.05, 4.69) is 4.98 Å². The van der Waals surface area contributed by atoms with Crippen molar-refractivity contribution in [3.05, 3.63) is 24.0 Å². The number of nitrogens with one attached hydrogen (secondary N) is 1. The normalized spacial score (nSPS) is 9.23. The summed E-state index contributed by atoms with van der Waals surface area (Å²) < 4.78 is 0. The number of hydrogen-bond acceptors (Lipinski definition) is 2. The van der Waals surface area contributed by atoms with E-state index in [0.29, 0.717) is 18.7 Å². The van der Waals surface area contributed by atoms with E-state index in [1.54, 1.807) is 25.4 Å². The van der Waals surface area contributed by atoms with Crippen LogP contribution in [0.25, 0.3) is 0 Å². The molecule has 0 bridgehead atoms. The van der Waals surface area contributed by atoms with E-state index < -0.39 is 0 Å². The van der Waals surface area contributed by atoms with Gasteiger partial charge in [-0.15, -0.1) is 0 Å². The van der Waals surface area contributed by atoms with Crippen LogP contribution in [0, 0.1) is 11.3 Å². The summed E-state index contributed by atoms with van der Waals surface area (Å²) in [6.07, 6.45) is 2.06. The van der Waals surface area contributed by atoms with E-state index in [1.807, 2.05) is 6.07 Å². The van der Waals surface area contributed by atoms with Crippen molar-refractivity contribution in [3.63, 3.8) is 0 Å². The number of aromatic nitrogens is 1. The SMILES string of the molecule is CN(CCC#N)C(=O)c1ccc[nH]1. The monoisotopic (exact) mass is 177 g/mol. The fraction of sp³-hybridized carbons (Fsp3) is 0.333. The lowest BCUT2D eigenvalue weighted by Crippen LogP contribution is -2.27. The maximum atomic E-state index is 11.5. The summed E-state index contributed by atoms with van der Waals surface area (Å²) in [4.78, 5) is 15.8. The first-order chi connectivity index (χ1) is 6.25. The Balaban J connectivity index is 2.54. The van der Waals surface area contributed by atoms with Crippen LogP contribution in [0.5, 0.6) is 0 Å². The Bertz CT molecular complexity index is 310. The predicted molar refractivity (Wildman–Crippen MR) is 48.0 cm³/mol. The van der Waals surface area contributed by atoms with Gasteiger partial charge in [-0.1, -0.05) is 0 Å². The Morgan fingerprint density at radius 1 is 1.77 bits per heavy atom. The molecule has 0 aliphatic rings. The van der Waals surface area contributed by atoms with Crippen LogP contribution in [-0.4, -0.2) is 29.4 Å². The number of nitriles is 1. The summed E-state index contributed by atoms with van der Waals surface area (Å²) >= 11 is 0. The number of carbonyl (C=O) groups excluding carboxylic acids is 1. The number of nitrogens with zero attached hydrogens (tertiary/aromatic N) is 2. The van der Waals surface area contributed by atoms with E-state index in [4.69, 9.17) is 5.26 Å². The van der Waals surface area contributed by atoms with Crippen LogP contribution in [0.2, 0.25) is 0 Å². The van der Waals surface area contributed by atoms with Crippen molar-refractivity contribution >= 4 is 5.91 Å². The largest absolute Gasteiger partial charge is 0.357 e. The minimum atomic E-state index is -0.0831.